The van der Waals surface area contributed by atoms with E-state index in [1.807, 2.05) is 0 Å². The van der Waals surface area contributed by atoms with Gasteiger partial charge in [-0.2, -0.15) is 8.42 Å². The van der Waals surface area contributed by atoms with Crippen LogP contribution in [0.3, 0.4) is 0 Å². The van der Waals surface area contributed by atoms with Crippen LogP contribution in [0.25, 0.3) is 0 Å². The van der Waals surface area contributed by atoms with Gasteiger partial charge in [-0.05, 0) is 12.8 Å². The molecule has 244 valence electrons. The number of β-amino-alcohol motifs (C(OH)–C–C–N with tert-alkyl or cyclic N) is 1. The molecule has 2 bridgehead atoms. The summed E-state index contributed by atoms with van der Waals surface area (Å²) in [4.78, 5) is 0. The van der Waals surface area contributed by atoms with Crippen molar-refractivity contribution >= 4 is 18.9 Å². The molecule has 3 rings (SSSR count). The number of hydrogen-bond donors (Lipinski definition) is 3. The molecular weight excluding hydrogens is 560 g/mol. The Bertz CT molecular complexity index is 775. The number of fused-ring (bicyclic) bond motifs is 3. The number of aliphatic hydroxyl groups excluding tert-OH is 1. The fourth-order valence-electron chi connectivity index (χ4n) is 5.92. The summed E-state index contributed by atoms with van der Waals surface area (Å²) in [7, 11) is -2.27. The van der Waals surface area contributed by atoms with Crippen LogP contribution in [-0.2, 0) is 23.4 Å². The summed E-state index contributed by atoms with van der Waals surface area (Å²) in [6, 6.07) is 0.801. The van der Waals surface area contributed by atoms with Gasteiger partial charge < -0.3 is 28.2 Å². The summed E-state index contributed by atoms with van der Waals surface area (Å²) < 4.78 is 50.0. The van der Waals surface area contributed by atoms with Crippen LogP contribution in [0, 0.1) is 0 Å². The van der Waals surface area contributed by atoms with Crippen LogP contribution < -0.4 is 5.32 Å². The SMILES string of the molecule is CCCCCCCCCCCCCCCCCC[N+](C)(C)CCC[Si]12OCC(NCC(O)CS(=O)(=O)O)(CO1)CO2. The van der Waals surface area contributed by atoms with E-state index in [0.29, 0.717) is 19.8 Å². The molecule has 0 amide bonds. The van der Waals surface area contributed by atoms with Crippen molar-refractivity contribution in [2.75, 3.05) is 59.3 Å². The van der Waals surface area contributed by atoms with E-state index in [1.165, 1.54) is 109 Å². The normalized spacial score (nSPS) is 23.7. The molecule has 11 heteroatoms. The van der Waals surface area contributed by atoms with E-state index in [-0.39, 0.29) is 6.54 Å². The number of nitrogens with one attached hydrogen (secondary N) is 1. The number of aliphatic hydroxyl groups is 1. The molecule has 3 heterocycles. The first-order chi connectivity index (χ1) is 19.5. The molecule has 0 aromatic rings. The maximum Gasteiger partial charge on any atom is 0.501 e. The highest BCUT2D eigenvalue weighted by Crippen LogP contribution is 2.33. The average molecular weight is 624 g/mol. The highest BCUT2D eigenvalue weighted by molar-refractivity contribution is 7.85. The van der Waals surface area contributed by atoms with Gasteiger partial charge in [0.15, 0.2) is 0 Å². The largest absolute Gasteiger partial charge is 0.501 e. The molecule has 3 aliphatic rings. The van der Waals surface area contributed by atoms with Gasteiger partial charge >= 0.3 is 8.80 Å². The monoisotopic (exact) mass is 623 g/mol. The summed E-state index contributed by atoms with van der Waals surface area (Å²) in [6.07, 6.45) is 22.1. The fraction of sp³-hybridized carbons (Fsp3) is 1.00. The maximum absolute atomic E-state index is 10.9. The van der Waals surface area contributed by atoms with Gasteiger partial charge in [-0.3, -0.25) is 4.55 Å². The molecule has 3 N–H and O–H groups in total. The highest BCUT2D eigenvalue weighted by Gasteiger charge is 2.56. The zero-order valence-electron chi connectivity index (χ0n) is 26.5. The zero-order valence-corrected chi connectivity index (χ0v) is 28.4. The summed E-state index contributed by atoms with van der Waals surface area (Å²) in [5, 5.41) is 13.0. The first kappa shape index (κ1) is 37.1. The number of quaternary nitrogens is 1. The van der Waals surface area contributed by atoms with Crippen molar-refractivity contribution in [2.24, 2.45) is 0 Å². The van der Waals surface area contributed by atoms with Crippen molar-refractivity contribution in [3.8, 4) is 0 Å². The molecule has 3 saturated heterocycles. The number of hydrogen-bond acceptors (Lipinski definition) is 7. The van der Waals surface area contributed by atoms with Gasteiger partial charge in [-0.15, -0.1) is 0 Å². The molecule has 0 aliphatic carbocycles. The van der Waals surface area contributed by atoms with Crippen molar-refractivity contribution in [3.63, 3.8) is 0 Å². The number of rotatable bonds is 26. The lowest BCUT2D eigenvalue weighted by molar-refractivity contribution is -0.890. The Kier molecular flexibility index (Phi) is 17.5. The van der Waals surface area contributed by atoms with Gasteiger partial charge in [0.1, 0.15) is 5.75 Å². The van der Waals surface area contributed by atoms with Crippen LogP contribution in [0.4, 0.5) is 0 Å². The van der Waals surface area contributed by atoms with Crippen LogP contribution in [0.15, 0.2) is 0 Å². The Balaban J connectivity index is 1.44. The second-order valence-electron chi connectivity index (χ2n) is 13.4. The van der Waals surface area contributed by atoms with Crippen molar-refractivity contribution in [3.05, 3.63) is 0 Å². The molecule has 1 atom stereocenters. The average Bonchev–Trinajstić information content (AvgIpc) is 2.92. The van der Waals surface area contributed by atoms with Crippen molar-refractivity contribution in [2.45, 2.75) is 134 Å². The van der Waals surface area contributed by atoms with Gasteiger partial charge in [-0.1, -0.05) is 96.8 Å². The van der Waals surface area contributed by atoms with E-state index >= 15 is 0 Å². The van der Waals surface area contributed by atoms with E-state index in [4.69, 9.17) is 17.8 Å². The highest BCUT2D eigenvalue weighted by atomic mass is 32.2. The van der Waals surface area contributed by atoms with Gasteiger partial charge in [0.25, 0.3) is 10.1 Å². The zero-order chi connectivity index (χ0) is 30.1. The summed E-state index contributed by atoms with van der Waals surface area (Å²) in [6.45, 7) is 5.82. The first-order valence-corrected chi connectivity index (χ1v) is 20.2. The smallest absolute Gasteiger partial charge is 0.391 e. The Labute approximate surface area is 252 Å². The number of nitrogens with zero attached hydrogens (tertiary/aromatic N) is 1. The van der Waals surface area contributed by atoms with Gasteiger partial charge in [0, 0.05) is 19.0 Å². The van der Waals surface area contributed by atoms with Crippen LogP contribution in [0.2, 0.25) is 6.04 Å². The quantitative estimate of drug-likeness (QED) is 0.0514. The van der Waals surface area contributed by atoms with E-state index in [1.54, 1.807) is 0 Å². The molecule has 1 unspecified atom stereocenters. The molecule has 9 nitrogen and oxygen atoms in total. The lowest BCUT2D eigenvalue weighted by Gasteiger charge is -2.51. The van der Waals surface area contributed by atoms with Crippen molar-refractivity contribution in [1.29, 1.82) is 0 Å². The predicted octanol–water partition coefficient (Wildman–Crippen LogP) is 5.31. The molecule has 3 aliphatic heterocycles. The second-order valence-corrected chi connectivity index (χ2v) is 17.6. The van der Waals surface area contributed by atoms with Gasteiger partial charge in [0.2, 0.25) is 0 Å². The van der Waals surface area contributed by atoms with Crippen molar-refractivity contribution < 1.29 is 35.8 Å². The summed E-state index contributed by atoms with van der Waals surface area (Å²) in [5.41, 5.74) is -0.586. The van der Waals surface area contributed by atoms with Crippen LogP contribution in [-0.4, -0.2) is 102 Å². The third-order valence-corrected chi connectivity index (χ3v) is 12.2. The number of unbranched alkanes of at least 4 members (excludes halogenated alkanes) is 15. The third kappa shape index (κ3) is 16.5. The standard InChI is InChI=1S/C30H62N2O7SSi/c1-4-5-6-7-8-9-10-11-12-13-14-15-16-17-18-19-21-32(2,3)22-20-23-41-37-26-30(27-38-41,28-39-41)31-24-29(33)25-40(34,35)36/h29,31,33H,4-28H2,1-3H3/p+1. The molecule has 0 aromatic carbocycles. The topological polar surface area (TPSA) is 114 Å². The van der Waals surface area contributed by atoms with E-state index < -0.39 is 36.3 Å². The minimum absolute atomic E-state index is 0.00938. The van der Waals surface area contributed by atoms with Crippen LogP contribution in [0.1, 0.15) is 116 Å². The van der Waals surface area contributed by atoms with E-state index in [2.05, 4.69) is 26.3 Å². The molecular formula is C30H63N2O7SSi+. The van der Waals surface area contributed by atoms with Crippen LogP contribution in [0.5, 0.6) is 0 Å². The maximum atomic E-state index is 10.9. The molecule has 0 saturated carbocycles. The Morgan fingerprint density at radius 2 is 1.17 bits per heavy atom. The van der Waals surface area contributed by atoms with Gasteiger partial charge in [-0.25, -0.2) is 0 Å². The Hall–Kier alpha value is -0.113. The molecule has 3 fully saturated rings. The predicted molar refractivity (Wildman–Crippen MR) is 168 cm³/mol. The van der Waals surface area contributed by atoms with Gasteiger partial charge in [0.05, 0.1) is 58.6 Å². The van der Waals surface area contributed by atoms with E-state index in [9.17, 15) is 13.5 Å². The fourth-order valence-corrected chi connectivity index (χ4v) is 9.29. The van der Waals surface area contributed by atoms with Crippen molar-refractivity contribution in [1.82, 2.24) is 5.32 Å². The second kappa shape index (κ2) is 19.3. The lowest BCUT2D eigenvalue weighted by atomic mass is 10.0. The lowest BCUT2D eigenvalue weighted by Crippen LogP contribution is -2.72. The minimum atomic E-state index is -4.22. The Morgan fingerprint density at radius 3 is 1.61 bits per heavy atom. The molecule has 0 spiro atoms. The van der Waals surface area contributed by atoms with Crippen LogP contribution >= 0.6 is 0 Å². The molecule has 41 heavy (non-hydrogen) atoms. The van der Waals surface area contributed by atoms with E-state index in [0.717, 1.165) is 23.5 Å². The minimum Gasteiger partial charge on any atom is -0.391 e. The summed E-state index contributed by atoms with van der Waals surface area (Å²) >= 11 is 0. The Morgan fingerprint density at radius 1 is 0.756 bits per heavy atom. The summed E-state index contributed by atoms with van der Waals surface area (Å²) in [5.74, 6) is -0.704. The molecule has 0 aromatic heterocycles. The first-order valence-electron chi connectivity index (χ1n) is 16.6. The molecule has 0 radical (unpaired) electrons. The third-order valence-electron chi connectivity index (χ3n) is 8.68.